The summed E-state index contributed by atoms with van der Waals surface area (Å²) in [5.41, 5.74) is 0. The standard InChI is InChI=1S/As.BrH.Ga.Se/h;1H;;. The van der Waals surface area contributed by atoms with E-state index in [0.717, 1.165) is 0 Å². The van der Waals surface area contributed by atoms with Crippen molar-refractivity contribution in [1.82, 2.24) is 0 Å². The van der Waals surface area contributed by atoms with Crippen LogP contribution < -0.4 is 0 Å². The predicted octanol–water partition coefficient (Wildman–Crippen LogP) is -0.565. The van der Waals surface area contributed by atoms with Crippen molar-refractivity contribution < 1.29 is 0 Å². The second-order valence-electron chi connectivity index (χ2n) is 0. The van der Waals surface area contributed by atoms with E-state index in [1.54, 1.807) is 0 Å². The van der Waals surface area contributed by atoms with Crippen LogP contribution in [0.4, 0.5) is 0 Å². The number of hydrogen-bond donors (Lipinski definition) is 0. The summed E-state index contributed by atoms with van der Waals surface area (Å²) in [5.74, 6) is 0. The van der Waals surface area contributed by atoms with Gasteiger partial charge in [-0.25, -0.2) is 0 Å². The molecule has 0 atom stereocenters. The summed E-state index contributed by atoms with van der Waals surface area (Å²) >= 11 is 0. The fraction of sp³-hybridized carbons (Fsp3) is 0. The summed E-state index contributed by atoms with van der Waals surface area (Å²) in [6.45, 7) is 0. The molecular formula is HAsBrGaSe. The first-order chi connectivity index (χ1) is 0. The third-order valence-corrected chi connectivity index (χ3v) is 0. The van der Waals surface area contributed by atoms with E-state index in [9.17, 15) is 0 Å². The Kier molecular flexibility index (Phi) is 165. The zero-order valence-corrected chi connectivity index (χ0v) is 9.57. The molecule has 0 spiro atoms. The fourth-order valence-electron chi connectivity index (χ4n) is 0. The van der Waals surface area contributed by atoms with Gasteiger partial charge in [0.15, 0.2) is 0 Å². The SMILES string of the molecule is Br.[As].[Ga].[Se]. The minimum atomic E-state index is 0. The normalized spacial score (nSPS) is 0. The minimum Gasteiger partial charge on any atom is -0.114 e. The quantitative estimate of drug-likeness (QED) is 0.526. The summed E-state index contributed by atoms with van der Waals surface area (Å²) in [7, 11) is 0. The summed E-state index contributed by atoms with van der Waals surface area (Å²) < 4.78 is 0. The topological polar surface area (TPSA) is 0 Å². The van der Waals surface area contributed by atoms with E-state index in [0.29, 0.717) is 0 Å². The molecule has 0 saturated heterocycles. The first-order valence-electron chi connectivity index (χ1n) is 0. The van der Waals surface area contributed by atoms with Crippen molar-refractivity contribution in [1.29, 1.82) is 0 Å². The molecule has 22 valence electrons. The Bertz CT molecular complexity index is 8.00. The monoisotopic (exact) mass is 304 g/mol. The molecule has 0 unspecified atom stereocenters. The average Bonchev–Trinajstić information content (AvgIpc) is 0. The van der Waals surface area contributed by atoms with Gasteiger partial charge in [0.2, 0.25) is 0 Å². The fourth-order valence-corrected chi connectivity index (χ4v) is 0. The van der Waals surface area contributed by atoms with E-state index in [1.165, 1.54) is 0 Å². The summed E-state index contributed by atoms with van der Waals surface area (Å²) in [6, 6.07) is 0. The Hall–Kier alpha value is 2.19. The van der Waals surface area contributed by atoms with E-state index in [4.69, 9.17) is 0 Å². The molecule has 0 aliphatic rings. The van der Waals surface area contributed by atoms with Crippen LogP contribution in [0.3, 0.4) is 0 Å². The van der Waals surface area contributed by atoms with Crippen LogP contribution in [-0.2, 0) is 0 Å². The number of hydrogen-bond acceptors (Lipinski definition) is 0. The Morgan fingerprint density at radius 2 is 1.00 bits per heavy atom. The van der Waals surface area contributed by atoms with Crippen molar-refractivity contribution in [3.05, 3.63) is 0 Å². The first-order valence-corrected chi connectivity index (χ1v) is 0. The van der Waals surface area contributed by atoms with Gasteiger partial charge in [0.25, 0.3) is 0 Å². The summed E-state index contributed by atoms with van der Waals surface area (Å²) in [4.78, 5) is 0. The Morgan fingerprint density at radius 3 is 1.00 bits per heavy atom. The van der Waals surface area contributed by atoms with Crippen LogP contribution >= 0.6 is 17.0 Å². The molecule has 4 heteroatoms. The third-order valence-electron chi connectivity index (χ3n) is 0. The maximum atomic E-state index is 0. The van der Waals surface area contributed by atoms with E-state index in [2.05, 4.69) is 0 Å². The van der Waals surface area contributed by atoms with Gasteiger partial charge in [-0.1, -0.05) is 0 Å². The van der Waals surface area contributed by atoms with E-state index < -0.39 is 0 Å². The van der Waals surface area contributed by atoms with Crippen molar-refractivity contribution >= 4 is 71.8 Å². The van der Waals surface area contributed by atoms with Gasteiger partial charge in [-0.15, -0.1) is 17.0 Å². The Balaban J connectivity index is 0. The molecule has 4 heavy (non-hydrogen) atoms. The van der Waals surface area contributed by atoms with Crippen LogP contribution in [0.25, 0.3) is 0 Å². The van der Waals surface area contributed by atoms with E-state index in [-0.39, 0.29) is 71.8 Å². The molecule has 0 N–H and O–H groups in total. The molecule has 0 aliphatic heterocycles. The zero-order valence-electron chi connectivity index (χ0n) is 1.84. The van der Waals surface area contributed by atoms with Crippen LogP contribution in [0.1, 0.15) is 0 Å². The van der Waals surface area contributed by atoms with Crippen molar-refractivity contribution in [2.45, 2.75) is 0 Å². The molecule has 0 bridgehead atoms. The maximum absolute atomic E-state index is 0. The zero-order chi connectivity index (χ0) is 0. The van der Waals surface area contributed by atoms with Crippen molar-refractivity contribution in [3.8, 4) is 0 Å². The van der Waals surface area contributed by atoms with Gasteiger partial charge in [0.1, 0.15) is 0 Å². The van der Waals surface area contributed by atoms with Crippen LogP contribution in [0.5, 0.6) is 0 Å². The van der Waals surface area contributed by atoms with Crippen molar-refractivity contribution in [2.75, 3.05) is 0 Å². The van der Waals surface area contributed by atoms with Crippen LogP contribution in [0.2, 0.25) is 0 Å². The molecule has 0 rings (SSSR count). The van der Waals surface area contributed by atoms with Gasteiger partial charge in [0.05, 0.1) is 0 Å². The van der Waals surface area contributed by atoms with Crippen LogP contribution in [0.15, 0.2) is 0 Å². The molecule has 0 aromatic heterocycles. The largest absolute Gasteiger partial charge is 0.114 e. The van der Waals surface area contributed by atoms with E-state index >= 15 is 0 Å². The van der Waals surface area contributed by atoms with Crippen molar-refractivity contribution in [2.24, 2.45) is 0 Å². The van der Waals surface area contributed by atoms with Crippen molar-refractivity contribution in [3.63, 3.8) is 0 Å². The molecular weight excluding hydrogens is 304 g/mol. The van der Waals surface area contributed by atoms with Gasteiger partial charge < -0.3 is 0 Å². The molecule has 0 saturated carbocycles. The molecule has 8 radical (unpaired) electrons. The number of halogens is 1. The molecule has 0 aliphatic carbocycles. The molecule has 0 nitrogen and oxygen atoms in total. The van der Waals surface area contributed by atoms with Gasteiger partial charge in [-0.2, -0.15) is 0 Å². The smallest absolute Gasteiger partial charge is 0 e. The second-order valence-corrected chi connectivity index (χ2v) is 0. The van der Waals surface area contributed by atoms with Crippen LogP contribution in [0, 0.1) is 0 Å². The van der Waals surface area contributed by atoms with Gasteiger partial charge in [0, 0.05) is 54.8 Å². The number of rotatable bonds is 0. The van der Waals surface area contributed by atoms with Crippen LogP contribution in [-0.4, -0.2) is 54.8 Å². The van der Waals surface area contributed by atoms with Gasteiger partial charge in [-0.3, -0.25) is 0 Å². The molecule has 0 fully saturated rings. The first kappa shape index (κ1) is 34.7. The Morgan fingerprint density at radius 1 is 1.00 bits per heavy atom. The molecule has 0 aromatic carbocycles. The molecule has 0 aromatic rings. The molecule has 0 heterocycles. The Labute approximate surface area is 71.1 Å². The second kappa shape index (κ2) is 19.0. The minimum absolute atomic E-state index is 0. The summed E-state index contributed by atoms with van der Waals surface area (Å²) in [6.07, 6.45) is 0. The van der Waals surface area contributed by atoms with Gasteiger partial charge >= 0.3 is 0 Å². The summed E-state index contributed by atoms with van der Waals surface area (Å²) in [5, 5.41) is 0. The third kappa shape index (κ3) is 8.89. The average molecular weight is 305 g/mol. The van der Waals surface area contributed by atoms with E-state index in [1.807, 2.05) is 0 Å². The van der Waals surface area contributed by atoms with Gasteiger partial charge in [-0.05, 0) is 0 Å². The maximum Gasteiger partial charge on any atom is 0 e. The predicted molar refractivity (Wildman–Crippen MR) is 27.6 cm³/mol. The molecule has 0 amide bonds.